The van der Waals surface area contributed by atoms with Crippen molar-refractivity contribution in [2.45, 2.75) is 18.0 Å². The van der Waals surface area contributed by atoms with Crippen LogP contribution in [-0.4, -0.2) is 13.3 Å². The molecule has 1 unspecified atom stereocenters. The molecule has 0 heterocycles. The zero-order chi connectivity index (χ0) is 12.6. The Balaban J connectivity index is 3.24. The summed E-state index contributed by atoms with van der Waals surface area (Å²) < 4.78 is 55.7. The molecule has 1 aromatic rings. The molecule has 0 aromatic heterocycles. The summed E-state index contributed by atoms with van der Waals surface area (Å²) in [5.74, 6) is -0.912. The van der Waals surface area contributed by atoms with Gasteiger partial charge >= 0.3 is 6.18 Å². The normalized spacial score (nSPS) is 15.7. The molecule has 1 atom stereocenters. The fourth-order valence-corrected chi connectivity index (χ4v) is 1.31. The SMILES string of the molecule is COc1ccc(C(C)(Cl)C(F)(F)F)c(F)c1. The fraction of sp³-hybridized carbons (Fsp3) is 0.400. The molecule has 6 heteroatoms. The predicted molar refractivity (Wildman–Crippen MR) is 52.2 cm³/mol. The van der Waals surface area contributed by atoms with Crippen molar-refractivity contribution in [3.8, 4) is 5.75 Å². The van der Waals surface area contributed by atoms with Gasteiger partial charge in [-0.3, -0.25) is 0 Å². The summed E-state index contributed by atoms with van der Waals surface area (Å²) in [7, 11) is 1.29. The van der Waals surface area contributed by atoms with Crippen molar-refractivity contribution in [2.24, 2.45) is 0 Å². The lowest BCUT2D eigenvalue weighted by Gasteiger charge is -2.26. The Hall–Kier alpha value is -0.970. The van der Waals surface area contributed by atoms with Gasteiger partial charge in [0.2, 0.25) is 0 Å². The minimum Gasteiger partial charge on any atom is -0.497 e. The number of hydrogen-bond acceptors (Lipinski definition) is 1. The van der Waals surface area contributed by atoms with Crippen molar-refractivity contribution >= 4 is 11.6 Å². The lowest BCUT2D eigenvalue weighted by atomic mass is 9.99. The van der Waals surface area contributed by atoms with Gasteiger partial charge in [0.15, 0.2) is 4.87 Å². The van der Waals surface area contributed by atoms with E-state index in [9.17, 15) is 17.6 Å². The molecule has 0 fully saturated rings. The second-order valence-corrected chi connectivity index (χ2v) is 4.10. The van der Waals surface area contributed by atoms with Crippen LogP contribution in [0.25, 0.3) is 0 Å². The Morgan fingerprint density at radius 3 is 2.19 bits per heavy atom. The van der Waals surface area contributed by atoms with E-state index in [1.54, 1.807) is 0 Å². The summed E-state index contributed by atoms with van der Waals surface area (Å²) >= 11 is 5.33. The van der Waals surface area contributed by atoms with Gasteiger partial charge < -0.3 is 4.74 Å². The molecule has 0 saturated carbocycles. The molecule has 0 bridgehead atoms. The van der Waals surface area contributed by atoms with Gasteiger partial charge in [-0.15, -0.1) is 11.6 Å². The van der Waals surface area contributed by atoms with Gasteiger partial charge in [0.25, 0.3) is 0 Å². The highest BCUT2D eigenvalue weighted by atomic mass is 35.5. The number of hydrogen-bond donors (Lipinski definition) is 0. The molecule has 90 valence electrons. The molecule has 1 rings (SSSR count). The zero-order valence-corrected chi connectivity index (χ0v) is 9.29. The van der Waals surface area contributed by atoms with E-state index >= 15 is 0 Å². The van der Waals surface area contributed by atoms with Gasteiger partial charge in [0.05, 0.1) is 7.11 Å². The second-order valence-electron chi connectivity index (χ2n) is 3.35. The van der Waals surface area contributed by atoms with Crippen LogP contribution in [0.5, 0.6) is 5.75 Å². The van der Waals surface area contributed by atoms with Crippen LogP contribution in [0.1, 0.15) is 12.5 Å². The maximum atomic E-state index is 13.4. The Morgan fingerprint density at radius 1 is 1.25 bits per heavy atom. The molecule has 0 aliphatic carbocycles. The highest BCUT2D eigenvalue weighted by molar-refractivity contribution is 6.24. The van der Waals surface area contributed by atoms with Crippen LogP contribution in [0.2, 0.25) is 0 Å². The zero-order valence-electron chi connectivity index (χ0n) is 8.53. The number of ether oxygens (including phenoxy) is 1. The Labute approximate surface area is 95.0 Å². The molecule has 0 aliphatic rings. The van der Waals surface area contributed by atoms with E-state index in [0.29, 0.717) is 6.92 Å². The van der Waals surface area contributed by atoms with E-state index in [-0.39, 0.29) is 5.75 Å². The number of rotatable bonds is 2. The first-order valence-corrected chi connectivity index (χ1v) is 4.67. The highest BCUT2D eigenvalue weighted by Gasteiger charge is 2.52. The van der Waals surface area contributed by atoms with Gasteiger partial charge in [-0.2, -0.15) is 13.2 Å². The van der Waals surface area contributed by atoms with E-state index in [0.717, 1.165) is 12.1 Å². The quantitative estimate of drug-likeness (QED) is 0.577. The summed E-state index contributed by atoms with van der Waals surface area (Å²) in [5, 5.41) is 0. The molecular weight excluding hydrogens is 248 g/mol. The van der Waals surface area contributed by atoms with Crippen LogP contribution in [0, 0.1) is 5.82 Å². The largest absolute Gasteiger partial charge is 0.497 e. The van der Waals surface area contributed by atoms with Gasteiger partial charge in [0.1, 0.15) is 11.6 Å². The average Bonchev–Trinajstić information content (AvgIpc) is 2.15. The van der Waals surface area contributed by atoms with Gasteiger partial charge in [-0.05, 0) is 13.0 Å². The highest BCUT2D eigenvalue weighted by Crippen LogP contribution is 2.45. The van der Waals surface area contributed by atoms with Crippen molar-refractivity contribution in [1.29, 1.82) is 0 Å². The van der Waals surface area contributed by atoms with E-state index in [1.807, 2.05) is 0 Å². The maximum absolute atomic E-state index is 13.4. The monoisotopic (exact) mass is 256 g/mol. The van der Waals surface area contributed by atoms with E-state index in [2.05, 4.69) is 4.74 Å². The van der Waals surface area contributed by atoms with Crippen LogP contribution < -0.4 is 4.74 Å². The van der Waals surface area contributed by atoms with E-state index in [1.165, 1.54) is 13.2 Å². The molecule has 1 aromatic carbocycles. The third-order valence-corrected chi connectivity index (χ3v) is 2.63. The number of alkyl halides is 4. The van der Waals surface area contributed by atoms with Crippen LogP contribution >= 0.6 is 11.6 Å². The lowest BCUT2D eigenvalue weighted by molar-refractivity contribution is -0.160. The maximum Gasteiger partial charge on any atom is 0.411 e. The minimum absolute atomic E-state index is 0.135. The molecule has 0 amide bonds. The average molecular weight is 257 g/mol. The van der Waals surface area contributed by atoms with Crippen molar-refractivity contribution in [3.05, 3.63) is 29.6 Å². The summed E-state index contributed by atoms with van der Waals surface area (Å²) in [4.78, 5) is -2.75. The Kier molecular flexibility index (Phi) is 3.38. The van der Waals surface area contributed by atoms with Crippen LogP contribution in [0.3, 0.4) is 0 Å². The Morgan fingerprint density at radius 2 is 1.81 bits per heavy atom. The first-order chi connectivity index (χ1) is 7.20. The molecule has 0 saturated heterocycles. The molecular formula is C10H9ClF4O. The molecule has 16 heavy (non-hydrogen) atoms. The van der Waals surface area contributed by atoms with Crippen LogP contribution in [0.4, 0.5) is 17.6 Å². The van der Waals surface area contributed by atoms with E-state index in [4.69, 9.17) is 11.6 Å². The standard InChI is InChI=1S/C10H9ClF4O/c1-9(11,10(13,14)15)7-4-3-6(16-2)5-8(7)12/h3-5H,1-2H3. The summed E-state index contributed by atoms with van der Waals surface area (Å²) in [6.07, 6.45) is -4.73. The van der Waals surface area contributed by atoms with Gasteiger partial charge in [0, 0.05) is 11.6 Å². The molecule has 1 nitrogen and oxygen atoms in total. The van der Waals surface area contributed by atoms with Crippen molar-refractivity contribution < 1.29 is 22.3 Å². The van der Waals surface area contributed by atoms with Gasteiger partial charge in [-0.1, -0.05) is 6.07 Å². The second kappa shape index (κ2) is 4.13. The van der Waals surface area contributed by atoms with Crippen LogP contribution in [0.15, 0.2) is 18.2 Å². The molecule has 0 radical (unpaired) electrons. The third-order valence-electron chi connectivity index (χ3n) is 2.21. The topological polar surface area (TPSA) is 9.23 Å². The fourth-order valence-electron chi connectivity index (χ4n) is 1.16. The van der Waals surface area contributed by atoms with Crippen molar-refractivity contribution in [2.75, 3.05) is 7.11 Å². The number of methoxy groups -OCH3 is 1. The van der Waals surface area contributed by atoms with E-state index < -0.39 is 22.4 Å². The van der Waals surface area contributed by atoms with Crippen molar-refractivity contribution in [3.63, 3.8) is 0 Å². The van der Waals surface area contributed by atoms with Crippen molar-refractivity contribution in [1.82, 2.24) is 0 Å². The number of halogens is 5. The smallest absolute Gasteiger partial charge is 0.411 e. The first kappa shape index (κ1) is 13.1. The first-order valence-electron chi connectivity index (χ1n) is 4.30. The lowest BCUT2D eigenvalue weighted by Crippen LogP contribution is -2.34. The summed E-state index contributed by atoms with van der Waals surface area (Å²) in [5.41, 5.74) is -0.623. The van der Waals surface area contributed by atoms with Crippen LogP contribution in [-0.2, 0) is 4.87 Å². The van der Waals surface area contributed by atoms with Gasteiger partial charge in [-0.25, -0.2) is 4.39 Å². The summed E-state index contributed by atoms with van der Waals surface area (Å²) in [6.45, 7) is 0.708. The molecule has 0 spiro atoms. The predicted octanol–water partition coefficient (Wildman–Crippen LogP) is 3.85. The molecule has 0 N–H and O–H groups in total. The number of benzene rings is 1. The third kappa shape index (κ3) is 2.24. The minimum atomic E-state index is -4.73. The molecule has 0 aliphatic heterocycles. The summed E-state index contributed by atoms with van der Waals surface area (Å²) in [6, 6.07) is 3.06. The Bertz CT molecular complexity index is 387.